The number of imidazole rings is 1. The molecule has 0 atom stereocenters. The first kappa shape index (κ1) is 17.4. The van der Waals surface area contributed by atoms with Gasteiger partial charge in [0, 0.05) is 30.4 Å². The van der Waals surface area contributed by atoms with Gasteiger partial charge in [-0.15, -0.1) is 0 Å². The normalized spacial score (nSPS) is 11.8. The summed E-state index contributed by atoms with van der Waals surface area (Å²) < 4.78 is 2.20. The zero-order chi connectivity index (χ0) is 18.2. The van der Waals surface area contributed by atoms with Crippen LogP contribution >= 0.6 is 0 Å². The van der Waals surface area contributed by atoms with Crippen LogP contribution in [0.2, 0.25) is 0 Å². The summed E-state index contributed by atoms with van der Waals surface area (Å²) in [5.74, 6) is 0.958. The zero-order valence-corrected chi connectivity index (χ0v) is 16.1. The van der Waals surface area contributed by atoms with Crippen LogP contribution in [0.25, 0.3) is 17.1 Å². The molecule has 0 aliphatic carbocycles. The number of aryl methyl sites for hydroxylation is 3. The smallest absolute Gasteiger partial charge is 0.146 e. The van der Waals surface area contributed by atoms with Crippen LogP contribution in [0.4, 0.5) is 0 Å². The Morgan fingerprint density at radius 3 is 2.36 bits per heavy atom. The Balaban J connectivity index is 2.24. The molecule has 0 saturated carbocycles. The highest BCUT2D eigenvalue weighted by Gasteiger charge is 2.24. The average Bonchev–Trinajstić information content (AvgIpc) is 3.03. The quantitative estimate of drug-likeness (QED) is 0.627. The van der Waals surface area contributed by atoms with E-state index in [2.05, 4.69) is 75.5 Å². The maximum atomic E-state index is 4.70. The van der Waals surface area contributed by atoms with Crippen LogP contribution in [0.3, 0.4) is 0 Å². The summed E-state index contributed by atoms with van der Waals surface area (Å²) in [6.07, 6.45) is 8.82. The second kappa shape index (κ2) is 6.47. The van der Waals surface area contributed by atoms with Gasteiger partial charge in [0.25, 0.3) is 0 Å². The number of aromatic nitrogens is 3. The van der Waals surface area contributed by atoms with E-state index in [1.807, 2.05) is 18.6 Å². The molecule has 1 aromatic carbocycles. The van der Waals surface area contributed by atoms with Crippen LogP contribution in [0.5, 0.6) is 0 Å². The van der Waals surface area contributed by atoms with Crippen LogP contribution in [0.1, 0.15) is 49.4 Å². The van der Waals surface area contributed by atoms with Crippen molar-refractivity contribution in [1.82, 2.24) is 14.5 Å². The Morgan fingerprint density at radius 2 is 1.72 bits per heavy atom. The van der Waals surface area contributed by atoms with Crippen molar-refractivity contribution in [2.45, 2.75) is 53.4 Å². The van der Waals surface area contributed by atoms with Crippen molar-refractivity contribution in [3.8, 4) is 17.1 Å². The molecular formula is C22H27N3. The first-order chi connectivity index (χ1) is 11.8. The van der Waals surface area contributed by atoms with Crippen molar-refractivity contribution in [2.24, 2.45) is 0 Å². The van der Waals surface area contributed by atoms with Gasteiger partial charge in [0.1, 0.15) is 5.82 Å². The van der Waals surface area contributed by atoms with Gasteiger partial charge < -0.3 is 0 Å². The lowest BCUT2D eigenvalue weighted by Crippen LogP contribution is -2.17. The van der Waals surface area contributed by atoms with Gasteiger partial charge in [-0.3, -0.25) is 9.55 Å². The number of hydrogen-bond donors (Lipinski definition) is 0. The molecule has 0 bridgehead atoms. The Morgan fingerprint density at radius 1 is 1.04 bits per heavy atom. The summed E-state index contributed by atoms with van der Waals surface area (Å²) in [4.78, 5) is 9.09. The van der Waals surface area contributed by atoms with Crippen molar-refractivity contribution in [1.29, 1.82) is 0 Å². The van der Waals surface area contributed by atoms with Crippen LogP contribution in [0, 0.1) is 20.8 Å². The average molecular weight is 333 g/mol. The van der Waals surface area contributed by atoms with E-state index in [9.17, 15) is 0 Å². The highest BCUT2D eigenvalue weighted by atomic mass is 15.1. The van der Waals surface area contributed by atoms with Gasteiger partial charge in [-0.05, 0) is 55.4 Å². The minimum Gasteiger partial charge on any atom is -0.299 e. The molecule has 2 aromatic heterocycles. The molecule has 0 aliphatic heterocycles. The number of hydrogen-bond acceptors (Lipinski definition) is 2. The largest absolute Gasteiger partial charge is 0.299 e. The second-order valence-corrected chi connectivity index (χ2v) is 7.53. The molecular weight excluding hydrogens is 306 g/mol. The third-order valence-electron chi connectivity index (χ3n) is 5.19. The van der Waals surface area contributed by atoms with Crippen molar-refractivity contribution in [2.75, 3.05) is 0 Å². The van der Waals surface area contributed by atoms with Gasteiger partial charge in [0.05, 0.1) is 5.69 Å². The molecule has 0 unspecified atom stereocenters. The molecule has 2 heterocycles. The molecule has 0 spiro atoms. The minimum absolute atomic E-state index is 0.0758. The molecule has 3 nitrogen and oxygen atoms in total. The molecule has 3 aromatic rings. The maximum absolute atomic E-state index is 4.70. The van der Waals surface area contributed by atoms with E-state index in [0.29, 0.717) is 0 Å². The summed E-state index contributed by atoms with van der Waals surface area (Å²) in [6.45, 7) is 13.3. The van der Waals surface area contributed by atoms with Gasteiger partial charge in [-0.2, -0.15) is 0 Å². The van der Waals surface area contributed by atoms with E-state index in [4.69, 9.17) is 4.98 Å². The highest BCUT2D eigenvalue weighted by Crippen LogP contribution is 2.35. The summed E-state index contributed by atoms with van der Waals surface area (Å²) in [5.41, 5.74) is 7.50. The van der Waals surface area contributed by atoms with E-state index in [-0.39, 0.29) is 5.41 Å². The lowest BCUT2D eigenvalue weighted by molar-refractivity contribution is 0.506. The van der Waals surface area contributed by atoms with E-state index in [1.54, 1.807) is 0 Å². The van der Waals surface area contributed by atoms with Gasteiger partial charge in [-0.1, -0.05) is 38.5 Å². The van der Waals surface area contributed by atoms with Crippen LogP contribution in [0.15, 0.2) is 43.0 Å². The standard InChI is InChI=1S/C22H27N3/c1-7-22(5,6)19-8-9-23-14-18(19)21-24-10-11-25(21)20-16(3)12-15(2)13-17(20)4/h8-14H,7H2,1-6H3. The molecule has 130 valence electrons. The Labute approximate surface area is 150 Å². The predicted molar refractivity (Wildman–Crippen MR) is 104 cm³/mol. The summed E-state index contributed by atoms with van der Waals surface area (Å²) in [7, 11) is 0. The second-order valence-electron chi connectivity index (χ2n) is 7.53. The summed E-state index contributed by atoms with van der Waals surface area (Å²) in [5, 5.41) is 0. The van der Waals surface area contributed by atoms with Gasteiger partial charge in [-0.25, -0.2) is 4.98 Å². The molecule has 25 heavy (non-hydrogen) atoms. The van der Waals surface area contributed by atoms with E-state index in [0.717, 1.165) is 17.8 Å². The fourth-order valence-electron chi connectivity index (χ4n) is 3.59. The number of benzene rings is 1. The van der Waals surface area contributed by atoms with E-state index >= 15 is 0 Å². The van der Waals surface area contributed by atoms with Gasteiger partial charge in [0.2, 0.25) is 0 Å². The highest BCUT2D eigenvalue weighted by molar-refractivity contribution is 5.65. The van der Waals surface area contributed by atoms with Crippen molar-refractivity contribution < 1.29 is 0 Å². The number of pyridine rings is 1. The third-order valence-corrected chi connectivity index (χ3v) is 5.19. The molecule has 0 N–H and O–H groups in total. The van der Waals surface area contributed by atoms with E-state index in [1.165, 1.54) is 27.9 Å². The van der Waals surface area contributed by atoms with E-state index < -0.39 is 0 Å². The number of nitrogens with zero attached hydrogens (tertiary/aromatic N) is 3. The first-order valence-corrected chi connectivity index (χ1v) is 8.91. The van der Waals surface area contributed by atoms with Crippen LogP contribution < -0.4 is 0 Å². The minimum atomic E-state index is 0.0758. The van der Waals surface area contributed by atoms with Crippen molar-refractivity contribution in [3.63, 3.8) is 0 Å². The summed E-state index contributed by atoms with van der Waals surface area (Å²) in [6, 6.07) is 6.59. The molecule has 0 aliphatic rings. The SMILES string of the molecule is CCC(C)(C)c1ccncc1-c1nccn1-c1c(C)cc(C)cc1C. The topological polar surface area (TPSA) is 30.7 Å². The molecule has 0 saturated heterocycles. The molecule has 3 rings (SSSR count). The Bertz CT molecular complexity index is 880. The third kappa shape index (κ3) is 3.11. The maximum Gasteiger partial charge on any atom is 0.146 e. The zero-order valence-electron chi connectivity index (χ0n) is 16.1. The van der Waals surface area contributed by atoms with Crippen molar-refractivity contribution in [3.05, 3.63) is 65.2 Å². The monoisotopic (exact) mass is 333 g/mol. The predicted octanol–water partition coefficient (Wildman–Crippen LogP) is 5.55. The van der Waals surface area contributed by atoms with Crippen molar-refractivity contribution >= 4 is 0 Å². The Kier molecular flexibility index (Phi) is 4.51. The fraction of sp³-hybridized carbons (Fsp3) is 0.364. The molecule has 0 amide bonds. The molecule has 3 heteroatoms. The molecule has 0 fully saturated rings. The fourth-order valence-corrected chi connectivity index (χ4v) is 3.59. The van der Waals surface area contributed by atoms with Crippen LogP contribution in [-0.4, -0.2) is 14.5 Å². The Hall–Kier alpha value is -2.42. The van der Waals surface area contributed by atoms with Gasteiger partial charge in [0.15, 0.2) is 0 Å². The van der Waals surface area contributed by atoms with Gasteiger partial charge >= 0.3 is 0 Å². The number of rotatable bonds is 4. The lowest BCUT2D eigenvalue weighted by atomic mass is 9.80. The first-order valence-electron chi connectivity index (χ1n) is 8.91. The van der Waals surface area contributed by atoms with Crippen LogP contribution in [-0.2, 0) is 5.41 Å². The molecule has 0 radical (unpaired) electrons. The lowest BCUT2D eigenvalue weighted by Gasteiger charge is -2.26. The summed E-state index contributed by atoms with van der Waals surface area (Å²) >= 11 is 0.